The van der Waals surface area contributed by atoms with Crippen molar-refractivity contribution in [3.63, 3.8) is 0 Å². The molecule has 1 heterocycles. The summed E-state index contributed by atoms with van der Waals surface area (Å²) in [5.41, 5.74) is 0. The van der Waals surface area contributed by atoms with Gasteiger partial charge in [0.25, 0.3) is 0 Å². The van der Waals surface area contributed by atoms with Crippen molar-refractivity contribution in [1.29, 1.82) is 0 Å². The van der Waals surface area contributed by atoms with E-state index in [1.165, 1.54) is 0 Å². The first-order chi connectivity index (χ1) is 5.66. The lowest BCUT2D eigenvalue weighted by molar-refractivity contribution is -0.139. The lowest BCUT2D eigenvalue weighted by Crippen LogP contribution is -2.14. The van der Waals surface area contributed by atoms with E-state index in [1.54, 1.807) is 24.0 Å². The number of hydrogen-bond acceptors (Lipinski definition) is 2. The number of aryl methyl sites for hydroxylation is 1. The molecule has 0 saturated carbocycles. The van der Waals surface area contributed by atoms with Gasteiger partial charge in [-0.1, -0.05) is 6.92 Å². The minimum atomic E-state index is -0.813. The number of hydrogen-bond donors (Lipinski definition) is 1. The molecular weight excluding hydrogens is 156 g/mol. The molecule has 1 aromatic rings. The Morgan fingerprint density at radius 3 is 2.83 bits per heavy atom. The third-order valence-corrected chi connectivity index (χ3v) is 1.88. The molecule has 1 aromatic heterocycles. The van der Waals surface area contributed by atoms with Crippen LogP contribution in [-0.2, 0) is 11.8 Å². The Morgan fingerprint density at radius 1 is 1.83 bits per heavy atom. The number of carboxylic acids is 1. The minimum Gasteiger partial charge on any atom is -0.481 e. The smallest absolute Gasteiger partial charge is 0.314 e. The van der Waals surface area contributed by atoms with Crippen molar-refractivity contribution in [2.75, 3.05) is 0 Å². The largest absolute Gasteiger partial charge is 0.481 e. The SMILES string of the molecule is CCC(C(=O)O)c1nccn1C. The summed E-state index contributed by atoms with van der Waals surface area (Å²) in [4.78, 5) is 14.7. The Kier molecular flexibility index (Phi) is 2.47. The molecule has 0 aliphatic carbocycles. The molecule has 12 heavy (non-hydrogen) atoms. The highest BCUT2D eigenvalue weighted by atomic mass is 16.4. The van der Waals surface area contributed by atoms with Crippen LogP contribution in [0, 0.1) is 0 Å². The van der Waals surface area contributed by atoms with Crippen LogP contribution in [0.3, 0.4) is 0 Å². The van der Waals surface area contributed by atoms with Gasteiger partial charge in [0.05, 0.1) is 0 Å². The van der Waals surface area contributed by atoms with E-state index >= 15 is 0 Å². The van der Waals surface area contributed by atoms with Crippen LogP contribution in [-0.4, -0.2) is 20.6 Å². The fraction of sp³-hybridized carbons (Fsp3) is 0.500. The van der Waals surface area contributed by atoms with Gasteiger partial charge in [-0.15, -0.1) is 0 Å². The first kappa shape index (κ1) is 8.77. The van der Waals surface area contributed by atoms with Gasteiger partial charge in [-0.25, -0.2) is 4.98 Å². The van der Waals surface area contributed by atoms with Crippen LogP contribution < -0.4 is 0 Å². The third-order valence-electron chi connectivity index (χ3n) is 1.88. The zero-order chi connectivity index (χ0) is 9.14. The van der Waals surface area contributed by atoms with Crippen molar-refractivity contribution in [3.8, 4) is 0 Å². The highest BCUT2D eigenvalue weighted by Gasteiger charge is 2.20. The van der Waals surface area contributed by atoms with E-state index in [4.69, 9.17) is 5.11 Å². The number of carbonyl (C=O) groups is 1. The van der Waals surface area contributed by atoms with Crippen molar-refractivity contribution < 1.29 is 9.90 Å². The average Bonchev–Trinajstić information content (AvgIpc) is 2.38. The number of rotatable bonds is 3. The molecule has 0 aliphatic rings. The second kappa shape index (κ2) is 3.38. The Labute approximate surface area is 70.9 Å². The summed E-state index contributed by atoms with van der Waals surface area (Å²) in [5.74, 6) is -0.679. The van der Waals surface area contributed by atoms with Crippen molar-refractivity contribution >= 4 is 5.97 Å². The van der Waals surface area contributed by atoms with Crippen molar-refractivity contribution in [3.05, 3.63) is 18.2 Å². The number of aliphatic carboxylic acids is 1. The Balaban J connectivity index is 2.94. The number of nitrogens with zero attached hydrogens (tertiary/aromatic N) is 2. The van der Waals surface area contributed by atoms with Crippen LogP contribution in [0.4, 0.5) is 0 Å². The van der Waals surface area contributed by atoms with E-state index in [0.717, 1.165) is 0 Å². The predicted molar refractivity (Wildman–Crippen MR) is 43.9 cm³/mol. The maximum Gasteiger partial charge on any atom is 0.314 e. The summed E-state index contributed by atoms with van der Waals surface area (Å²) in [6, 6.07) is 0. The van der Waals surface area contributed by atoms with Gasteiger partial charge in [0.15, 0.2) is 0 Å². The van der Waals surface area contributed by atoms with E-state index in [2.05, 4.69) is 4.98 Å². The third kappa shape index (κ3) is 1.47. The first-order valence-corrected chi connectivity index (χ1v) is 3.86. The normalized spacial score (nSPS) is 12.8. The molecule has 1 rings (SSSR count). The van der Waals surface area contributed by atoms with Gasteiger partial charge in [0.2, 0.25) is 0 Å². The second-order valence-electron chi connectivity index (χ2n) is 2.70. The molecule has 0 fully saturated rings. The number of carboxylic acid groups (broad SMARTS) is 1. The predicted octanol–water partition coefficient (Wildman–Crippen LogP) is 0.998. The molecule has 1 atom stereocenters. The lowest BCUT2D eigenvalue weighted by Gasteiger charge is -2.08. The molecule has 0 saturated heterocycles. The van der Waals surface area contributed by atoms with Gasteiger partial charge < -0.3 is 9.67 Å². The van der Waals surface area contributed by atoms with Gasteiger partial charge in [0, 0.05) is 19.4 Å². The summed E-state index contributed by atoms with van der Waals surface area (Å²) >= 11 is 0. The standard InChI is InChI=1S/C8H12N2O2/c1-3-6(8(11)12)7-9-4-5-10(7)2/h4-6H,3H2,1-2H3,(H,11,12). The van der Waals surface area contributed by atoms with E-state index in [1.807, 2.05) is 6.92 Å². The van der Waals surface area contributed by atoms with Crippen molar-refractivity contribution in [2.45, 2.75) is 19.3 Å². The summed E-state index contributed by atoms with van der Waals surface area (Å²) in [7, 11) is 1.80. The molecule has 0 aliphatic heterocycles. The molecule has 0 radical (unpaired) electrons. The van der Waals surface area contributed by atoms with Gasteiger partial charge in [-0.3, -0.25) is 4.79 Å². The lowest BCUT2D eigenvalue weighted by atomic mass is 10.1. The van der Waals surface area contributed by atoms with E-state index in [-0.39, 0.29) is 0 Å². The molecule has 66 valence electrons. The van der Waals surface area contributed by atoms with Crippen LogP contribution in [0.2, 0.25) is 0 Å². The molecule has 4 nitrogen and oxygen atoms in total. The highest BCUT2D eigenvalue weighted by Crippen LogP contribution is 2.16. The molecular formula is C8H12N2O2. The molecule has 1 N–H and O–H groups in total. The van der Waals surface area contributed by atoms with Gasteiger partial charge in [-0.2, -0.15) is 0 Å². The van der Waals surface area contributed by atoms with Gasteiger partial charge in [-0.05, 0) is 6.42 Å². The van der Waals surface area contributed by atoms with Crippen LogP contribution in [0.15, 0.2) is 12.4 Å². The summed E-state index contributed by atoms with van der Waals surface area (Å²) in [6.07, 6.45) is 3.93. The molecule has 1 unspecified atom stereocenters. The maximum absolute atomic E-state index is 10.7. The molecule has 0 amide bonds. The minimum absolute atomic E-state index is 0.481. The zero-order valence-electron chi connectivity index (χ0n) is 7.19. The maximum atomic E-state index is 10.7. The van der Waals surface area contributed by atoms with E-state index in [9.17, 15) is 4.79 Å². The number of imidazole rings is 1. The van der Waals surface area contributed by atoms with Gasteiger partial charge >= 0.3 is 5.97 Å². The molecule has 4 heteroatoms. The van der Waals surface area contributed by atoms with Crippen molar-refractivity contribution in [2.24, 2.45) is 7.05 Å². The average molecular weight is 168 g/mol. The second-order valence-corrected chi connectivity index (χ2v) is 2.70. The summed E-state index contributed by atoms with van der Waals surface area (Å²) in [5, 5.41) is 8.82. The zero-order valence-corrected chi connectivity index (χ0v) is 7.19. The van der Waals surface area contributed by atoms with E-state index < -0.39 is 11.9 Å². The Hall–Kier alpha value is -1.32. The first-order valence-electron chi connectivity index (χ1n) is 3.86. The number of aromatic nitrogens is 2. The Morgan fingerprint density at radius 2 is 2.50 bits per heavy atom. The molecule has 0 spiro atoms. The van der Waals surface area contributed by atoms with E-state index in [0.29, 0.717) is 12.2 Å². The molecule has 0 aromatic carbocycles. The summed E-state index contributed by atoms with van der Waals surface area (Å²) in [6.45, 7) is 1.84. The fourth-order valence-corrected chi connectivity index (χ4v) is 1.18. The van der Waals surface area contributed by atoms with Crippen LogP contribution >= 0.6 is 0 Å². The van der Waals surface area contributed by atoms with Crippen LogP contribution in [0.25, 0.3) is 0 Å². The highest BCUT2D eigenvalue weighted by molar-refractivity contribution is 5.74. The molecule has 0 bridgehead atoms. The monoisotopic (exact) mass is 168 g/mol. The topological polar surface area (TPSA) is 55.1 Å². The fourth-order valence-electron chi connectivity index (χ4n) is 1.18. The Bertz CT molecular complexity index is 280. The summed E-state index contributed by atoms with van der Waals surface area (Å²) < 4.78 is 1.74. The van der Waals surface area contributed by atoms with Crippen molar-refractivity contribution in [1.82, 2.24) is 9.55 Å². The quantitative estimate of drug-likeness (QED) is 0.732. The van der Waals surface area contributed by atoms with Gasteiger partial charge in [0.1, 0.15) is 11.7 Å². The van der Waals surface area contributed by atoms with Crippen LogP contribution in [0.5, 0.6) is 0 Å². The van der Waals surface area contributed by atoms with Crippen LogP contribution in [0.1, 0.15) is 25.1 Å².